The molecule has 1 aromatic rings. The molecular formula is C16H26N4O4. The van der Waals surface area contributed by atoms with Gasteiger partial charge in [0.15, 0.2) is 5.82 Å². The van der Waals surface area contributed by atoms with Gasteiger partial charge >= 0.3 is 6.09 Å². The van der Waals surface area contributed by atoms with Crippen molar-refractivity contribution in [2.24, 2.45) is 5.92 Å². The second-order valence-electron chi connectivity index (χ2n) is 7.56. The van der Waals surface area contributed by atoms with Gasteiger partial charge in [-0.05, 0) is 33.6 Å². The Morgan fingerprint density at radius 3 is 2.96 bits per heavy atom. The molecular weight excluding hydrogens is 312 g/mol. The summed E-state index contributed by atoms with van der Waals surface area (Å²) in [4.78, 5) is 11.8. The van der Waals surface area contributed by atoms with Gasteiger partial charge in [0, 0.05) is 24.9 Å². The zero-order valence-electron chi connectivity index (χ0n) is 14.5. The summed E-state index contributed by atoms with van der Waals surface area (Å²) in [5, 5.41) is 21.6. The van der Waals surface area contributed by atoms with Crippen LogP contribution in [-0.2, 0) is 22.6 Å². The Labute approximate surface area is 141 Å². The van der Waals surface area contributed by atoms with Gasteiger partial charge in [-0.15, -0.1) is 10.2 Å². The van der Waals surface area contributed by atoms with E-state index >= 15 is 0 Å². The van der Waals surface area contributed by atoms with Crippen molar-refractivity contribution in [3.63, 3.8) is 0 Å². The molecule has 1 aromatic heterocycles. The predicted molar refractivity (Wildman–Crippen MR) is 85.4 cm³/mol. The number of aromatic nitrogens is 3. The number of amides is 1. The maximum Gasteiger partial charge on any atom is 0.407 e. The fourth-order valence-electron chi connectivity index (χ4n) is 3.38. The van der Waals surface area contributed by atoms with Crippen molar-refractivity contribution in [1.82, 2.24) is 20.1 Å². The van der Waals surface area contributed by atoms with Crippen LogP contribution in [0, 0.1) is 5.92 Å². The minimum Gasteiger partial charge on any atom is -0.444 e. The van der Waals surface area contributed by atoms with Gasteiger partial charge in [0.1, 0.15) is 18.0 Å². The zero-order valence-corrected chi connectivity index (χ0v) is 14.5. The molecule has 1 fully saturated rings. The number of carbonyl (C=O) groups is 1. The van der Waals surface area contributed by atoms with Crippen LogP contribution >= 0.6 is 0 Å². The number of aliphatic hydroxyl groups is 1. The van der Waals surface area contributed by atoms with E-state index in [-0.39, 0.29) is 11.8 Å². The Balaban J connectivity index is 1.57. The predicted octanol–water partition coefficient (Wildman–Crippen LogP) is 1.19. The molecule has 3 rings (SSSR count). The first-order chi connectivity index (χ1) is 11.3. The largest absolute Gasteiger partial charge is 0.444 e. The smallest absolute Gasteiger partial charge is 0.407 e. The number of rotatable bonds is 3. The van der Waals surface area contributed by atoms with Gasteiger partial charge < -0.3 is 24.5 Å². The Bertz CT molecular complexity index is 595. The molecule has 0 aromatic carbocycles. The summed E-state index contributed by atoms with van der Waals surface area (Å²) in [5.74, 6) is 1.92. The van der Waals surface area contributed by atoms with Gasteiger partial charge in [-0.2, -0.15) is 0 Å². The maximum absolute atomic E-state index is 11.8. The summed E-state index contributed by atoms with van der Waals surface area (Å²) in [6.07, 6.45) is 0.503. The molecule has 2 aliphatic rings. The standard InChI is InChI=1S/C16H26N4O4/c1-16(2,3)24-15(22)17-8-11-6-10(7-12(11)21)14-19-18-13-9-23-5-4-20(13)14/h10-12,21H,4-9H2,1-3H3,(H,17,22)/t10-,11+,12+/m1/s1. The van der Waals surface area contributed by atoms with Crippen molar-refractivity contribution in [1.29, 1.82) is 0 Å². The van der Waals surface area contributed by atoms with Crippen molar-refractivity contribution in [2.75, 3.05) is 13.2 Å². The van der Waals surface area contributed by atoms with E-state index < -0.39 is 17.8 Å². The van der Waals surface area contributed by atoms with E-state index in [0.717, 1.165) is 24.6 Å². The lowest BCUT2D eigenvalue weighted by Crippen LogP contribution is -2.36. The van der Waals surface area contributed by atoms with Gasteiger partial charge in [0.2, 0.25) is 0 Å². The molecule has 8 heteroatoms. The summed E-state index contributed by atoms with van der Waals surface area (Å²) >= 11 is 0. The molecule has 8 nitrogen and oxygen atoms in total. The van der Waals surface area contributed by atoms with Crippen molar-refractivity contribution in [3.05, 3.63) is 11.6 Å². The average molecular weight is 338 g/mol. The van der Waals surface area contributed by atoms with Gasteiger partial charge in [-0.3, -0.25) is 0 Å². The number of hydrogen-bond acceptors (Lipinski definition) is 6. The Morgan fingerprint density at radius 1 is 1.42 bits per heavy atom. The van der Waals surface area contributed by atoms with E-state index in [9.17, 15) is 9.90 Å². The highest BCUT2D eigenvalue weighted by molar-refractivity contribution is 5.67. The summed E-state index contributed by atoms with van der Waals surface area (Å²) in [6, 6.07) is 0. The van der Waals surface area contributed by atoms with Crippen LogP contribution in [0.5, 0.6) is 0 Å². The number of ether oxygens (including phenoxy) is 2. The van der Waals surface area contributed by atoms with E-state index in [4.69, 9.17) is 9.47 Å². The monoisotopic (exact) mass is 338 g/mol. The number of hydrogen-bond donors (Lipinski definition) is 2. The number of aliphatic hydroxyl groups excluding tert-OH is 1. The Hall–Kier alpha value is -1.67. The lowest BCUT2D eigenvalue weighted by Gasteiger charge is -2.21. The summed E-state index contributed by atoms with van der Waals surface area (Å²) in [6.45, 7) is 7.78. The lowest BCUT2D eigenvalue weighted by atomic mass is 10.0. The van der Waals surface area contributed by atoms with Crippen molar-refractivity contribution in [3.8, 4) is 0 Å². The second-order valence-corrected chi connectivity index (χ2v) is 7.56. The zero-order chi connectivity index (χ0) is 17.3. The molecule has 1 amide bonds. The third-order valence-corrected chi connectivity index (χ3v) is 4.48. The normalized spacial score (nSPS) is 26.9. The van der Waals surface area contributed by atoms with Gasteiger partial charge in [0.05, 0.1) is 12.7 Å². The average Bonchev–Trinajstić information content (AvgIpc) is 3.07. The molecule has 1 aliphatic heterocycles. The van der Waals surface area contributed by atoms with Crippen molar-refractivity contribution < 1.29 is 19.4 Å². The number of nitrogens with one attached hydrogen (secondary N) is 1. The van der Waals surface area contributed by atoms with E-state index in [0.29, 0.717) is 26.2 Å². The van der Waals surface area contributed by atoms with Gasteiger partial charge in [0.25, 0.3) is 0 Å². The van der Waals surface area contributed by atoms with E-state index in [2.05, 4.69) is 20.1 Å². The first-order valence-corrected chi connectivity index (χ1v) is 8.48. The van der Waals surface area contributed by atoms with Crippen LogP contribution in [0.15, 0.2) is 0 Å². The van der Waals surface area contributed by atoms with Crippen LogP contribution < -0.4 is 5.32 Å². The molecule has 0 unspecified atom stereocenters. The van der Waals surface area contributed by atoms with Crippen LogP contribution in [-0.4, -0.2) is 50.8 Å². The quantitative estimate of drug-likeness (QED) is 0.859. The van der Waals surface area contributed by atoms with Crippen LogP contribution in [0.1, 0.15) is 51.2 Å². The number of alkyl carbamates (subject to hydrolysis) is 1. The number of carbonyl (C=O) groups excluding carboxylic acids is 1. The molecule has 3 atom stereocenters. The Kier molecular flexibility index (Phi) is 4.78. The van der Waals surface area contributed by atoms with Gasteiger partial charge in [-0.25, -0.2) is 4.79 Å². The van der Waals surface area contributed by atoms with E-state index in [1.807, 2.05) is 20.8 Å². The highest BCUT2D eigenvalue weighted by Gasteiger charge is 2.37. The minimum absolute atomic E-state index is 0.00434. The van der Waals surface area contributed by atoms with E-state index in [1.54, 1.807) is 0 Å². The molecule has 0 spiro atoms. The fraction of sp³-hybridized carbons (Fsp3) is 0.812. The second kappa shape index (κ2) is 6.68. The van der Waals surface area contributed by atoms with Gasteiger partial charge in [-0.1, -0.05) is 0 Å². The van der Waals surface area contributed by atoms with Crippen molar-refractivity contribution in [2.45, 2.75) is 64.4 Å². The van der Waals surface area contributed by atoms with E-state index in [1.165, 1.54) is 0 Å². The lowest BCUT2D eigenvalue weighted by molar-refractivity contribution is 0.0500. The van der Waals surface area contributed by atoms with Crippen LogP contribution in [0.3, 0.4) is 0 Å². The molecule has 0 saturated heterocycles. The summed E-state index contributed by atoms with van der Waals surface area (Å²) in [5.41, 5.74) is -0.524. The molecule has 1 saturated carbocycles. The Morgan fingerprint density at radius 2 is 2.21 bits per heavy atom. The first kappa shape index (κ1) is 17.2. The van der Waals surface area contributed by atoms with Crippen LogP contribution in [0.2, 0.25) is 0 Å². The molecule has 0 radical (unpaired) electrons. The minimum atomic E-state index is -0.524. The summed E-state index contributed by atoms with van der Waals surface area (Å²) in [7, 11) is 0. The third-order valence-electron chi connectivity index (χ3n) is 4.48. The highest BCUT2D eigenvalue weighted by atomic mass is 16.6. The molecule has 134 valence electrons. The molecule has 24 heavy (non-hydrogen) atoms. The van der Waals surface area contributed by atoms with Crippen LogP contribution in [0.4, 0.5) is 4.79 Å². The van der Waals surface area contributed by atoms with Crippen LogP contribution in [0.25, 0.3) is 0 Å². The highest BCUT2D eigenvalue weighted by Crippen LogP contribution is 2.38. The number of fused-ring (bicyclic) bond motifs is 1. The summed E-state index contributed by atoms with van der Waals surface area (Å²) < 4.78 is 12.7. The SMILES string of the molecule is CC(C)(C)OC(=O)NC[C@@H]1C[C@@H](c2nnc3n2CCOC3)C[C@@H]1O. The molecule has 2 heterocycles. The molecule has 0 bridgehead atoms. The maximum atomic E-state index is 11.8. The fourth-order valence-corrected chi connectivity index (χ4v) is 3.38. The molecule has 1 aliphatic carbocycles. The van der Waals surface area contributed by atoms with Crippen molar-refractivity contribution >= 4 is 6.09 Å². The number of nitrogens with zero attached hydrogens (tertiary/aromatic N) is 3. The molecule has 2 N–H and O–H groups in total. The topological polar surface area (TPSA) is 98.5 Å². The third kappa shape index (κ3) is 3.87. The first-order valence-electron chi connectivity index (χ1n) is 8.48.